The average molecular weight is 515 g/mol. The van der Waals surface area contributed by atoms with Crippen LogP contribution in [0.4, 0.5) is 19.3 Å². The number of benzene rings is 3. The fourth-order valence-corrected chi connectivity index (χ4v) is 4.07. The van der Waals surface area contributed by atoms with E-state index >= 15 is 0 Å². The van der Waals surface area contributed by atoms with E-state index in [2.05, 4.69) is 10.4 Å². The lowest BCUT2D eigenvalue weighted by Crippen LogP contribution is -2.35. The molecule has 0 aliphatic rings. The van der Waals surface area contributed by atoms with E-state index in [0.717, 1.165) is 40.6 Å². The van der Waals surface area contributed by atoms with Crippen LogP contribution in [0.3, 0.4) is 0 Å². The number of rotatable bonds is 4. The van der Waals surface area contributed by atoms with Gasteiger partial charge in [-0.25, -0.2) is 18.3 Å². The summed E-state index contributed by atoms with van der Waals surface area (Å²) in [5, 5.41) is 10.1. The van der Waals surface area contributed by atoms with E-state index in [4.69, 9.17) is 23.2 Å². The normalized spacial score (nSPS) is 10.8. The molecule has 0 aliphatic heterocycles. The Balaban J connectivity index is 1.54. The molecule has 0 atom stereocenters. The third-order valence-electron chi connectivity index (χ3n) is 5.18. The van der Waals surface area contributed by atoms with Crippen LogP contribution in [0.2, 0.25) is 10.0 Å². The second-order valence-electron chi connectivity index (χ2n) is 7.74. The molecule has 3 aromatic carbocycles. The highest BCUT2D eigenvalue weighted by atomic mass is 35.5. The smallest absolute Gasteiger partial charge is 0.308 e. The van der Waals surface area contributed by atoms with Gasteiger partial charge >= 0.3 is 6.03 Å². The summed E-state index contributed by atoms with van der Waals surface area (Å²) in [5.41, 5.74) is 3.20. The molecular weight excluding hydrogens is 497 g/mol. The molecule has 4 rings (SSSR count). The van der Waals surface area contributed by atoms with E-state index in [1.54, 1.807) is 35.1 Å². The number of imide groups is 1. The first kappa shape index (κ1) is 24.4. The lowest BCUT2D eigenvalue weighted by Gasteiger charge is -2.14. The number of nitrogens with one attached hydrogen (secondary N) is 2. The predicted molar refractivity (Wildman–Crippen MR) is 131 cm³/mol. The number of urea groups is 1. The number of carbonyl (C=O) groups is 2. The van der Waals surface area contributed by atoms with Crippen molar-refractivity contribution < 1.29 is 18.4 Å². The van der Waals surface area contributed by atoms with E-state index in [9.17, 15) is 18.4 Å². The SMILES string of the molecule is Cc1cc(NC(=O)NC(=O)c2c(F)cccc2F)cc(C)c1-n1cc(Cl)c(-c2ccc(Cl)cc2)n1. The van der Waals surface area contributed by atoms with E-state index in [-0.39, 0.29) is 0 Å². The minimum atomic E-state index is -1.19. The maximum absolute atomic E-state index is 13.8. The number of nitrogens with zero attached hydrogens (tertiary/aromatic N) is 2. The Labute approximate surface area is 209 Å². The fraction of sp³-hybridized carbons (Fsp3) is 0.0800. The van der Waals surface area contributed by atoms with Crippen LogP contribution in [0.1, 0.15) is 21.5 Å². The standard InChI is InChI=1S/C25H18Cl2F2N4O2/c1-13-10-17(30-25(35)31-24(34)21-19(28)4-3-5-20(21)29)11-14(2)23(13)33-12-18(27)22(32-33)15-6-8-16(26)9-7-15/h3-12H,1-2H3,(H2,30,31,34,35). The summed E-state index contributed by atoms with van der Waals surface area (Å²) in [7, 11) is 0. The van der Waals surface area contributed by atoms with Crippen LogP contribution in [0, 0.1) is 25.5 Å². The Morgan fingerprint density at radius 3 is 2.14 bits per heavy atom. The zero-order chi connectivity index (χ0) is 25.3. The molecule has 178 valence electrons. The number of hydrogen-bond acceptors (Lipinski definition) is 3. The fourth-order valence-electron chi connectivity index (χ4n) is 3.70. The summed E-state index contributed by atoms with van der Waals surface area (Å²) in [6.07, 6.45) is 1.68. The van der Waals surface area contributed by atoms with Crippen LogP contribution in [0.15, 0.2) is 60.8 Å². The van der Waals surface area contributed by atoms with Crippen LogP contribution in [-0.4, -0.2) is 21.7 Å². The Bertz CT molecular complexity index is 1410. The summed E-state index contributed by atoms with van der Waals surface area (Å²) < 4.78 is 29.2. The van der Waals surface area contributed by atoms with Crippen LogP contribution in [0.5, 0.6) is 0 Å². The van der Waals surface area contributed by atoms with Crippen molar-refractivity contribution in [1.82, 2.24) is 15.1 Å². The summed E-state index contributed by atoms with van der Waals surface area (Å²) in [4.78, 5) is 24.4. The molecule has 0 bridgehead atoms. The quantitative estimate of drug-likeness (QED) is 0.318. The maximum atomic E-state index is 13.8. The van der Waals surface area contributed by atoms with Crippen molar-refractivity contribution in [1.29, 1.82) is 0 Å². The molecule has 0 spiro atoms. The molecule has 6 nitrogen and oxygen atoms in total. The zero-order valence-corrected chi connectivity index (χ0v) is 20.0. The topological polar surface area (TPSA) is 76.0 Å². The molecule has 35 heavy (non-hydrogen) atoms. The average Bonchev–Trinajstić information content (AvgIpc) is 3.14. The first-order valence-corrected chi connectivity index (χ1v) is 11.1. The number of aryl methyl sites for hydroxylation is 2. The molecule has 0 saturated carbocycles. The monoisotopic (exact) mass is 514 g/mol. The van der Waals surface area contributed by atoms with Crippen molar-refractivity contribution in [2.45, 2.75) is 13.8 Å². The lowest BCUT2D eigenvalue weighted by molar-refractivity contribution is 0.0959. The van der Waals surface area contributed by atoms with Gasteiger partial charge in [-0.3, -0.25) is 10.1 Å². The number of halogens is 4. The summed E-state index contributed by atoms with van der Waals surface area (Å²) in [5.74, 6) is -3.33. The van der Waals surface area contributed by atoms with Gasteiger partial charge in [0.1, 0.15) is 22.9 Å². The molecule has 1 heterocycles. The summed E-state index contributed by atoms with van der Waals surface area (Å²) in [6, 6.07) is 12.5. The molecule has 0 radical (unpaired) electrons. The predicted octanol–water partition coefficient (Wildman–Crippen LogP) is 6.70. The van der Waals surface area contributed by atoms with E-state index in [1.165, 1.54) is 0 Å². The number of hydrogen-bond donors (Lipinski definition) is 2. The first-order chi connectivity index (χ1) is 16.6. The van der Waals surface area contributed by atoms with Crippen molar-refractivity contribution in [3.05, 3.63) is 99.2 Å². The lowest BCUT2D eigenvalue weighted by atomic mass is 10.1. The van der Waals surface area contributed by atoms with E-state index in [0.29, 0.717) is 21.4 Å². The van der Waals surface area contributed by atoms with Crippen LogP contribution in [-0.2, 0) is 0 Å². The number of carbonyl (C=O) groups excluding carboxylic acids is 2. The Morgan fingerprint density at radius 1 is 0.943 bits per heavy atom. The number of anilines is 1. The second-order valence-corrected chi connectivity index (χ2v) is 8.58. The molecule has 0 unspecified atom stereocenters. The highest BCUT2D eigenvalue weighted by Gasteiger charge is 2.20. The number of aromatic nitrogens is 2. The van der Waals surface area contributed by atoms with Gasteiger partial charge in [-0.1, -0.05) is 41.4 Å². The maximum Gasteiger partial charge on any atom is 0.326 e. The summed E-state index contributed by atoms with van der Waals surface area (Å²) >= 11 is 12.4. The van der Waals surface area contributed by atoms with Gasteiger partial charge in [0.15, 0.2) is 0 Å². The Kier molecular flexibility index (Phi) is 6.86. The minimum absolute atomic E-state index is 0.374. The third kappa shape index (κ3) is 5.18. The molecule has 0 aliphatic carbocycles. The molecule has 1 aromatic heterocycles. The van der Waals surface area contributed by atoms with Gasteiger partial charge in [-0.2, -0.15) is 5.10 Å². The Morgan fingerprint density at radius 2 is 1.54 bits per heavy atom. The highest BCUT2D eigenvalue weighted by Crippen LogP contribution is 2.31. The van der Waals surface area contributed by atoms with Gasteiger partial charge in [-0.05, 0) is 61.4 Å². The third-order valence-corrected chi connectivity index (χ3v) is 5.71. The molecule has 4 aromatic rings. The van der Waals surface area contributed by atoms with Crippen molar-refractivity contribution in [2.24, 2.45) is 0 Å². The van der Waals surface area contributed by atoms with Crippen molar-refractivity contribution >= 4 is 40.8 Å². The van der Waals surface area contributed by atoms with Gasteiger partial charge in [-0.15, -0.1) is 0 Å². The van der Waals surface area contributed by atoms with Gasteiger partial charge in [0.25, 0.3) is 5.91 Å². The van der Waals surface area contributed by atoms with Crippen molar-refractivity contribution in [2.75, 3.05) is 5.32 Å². The van der Waals surface area contributed by atoms with Crippen LogP contribution in [0.25, 0.3) is 16.9 Å². The first-order valence-electron chi connectivity index (χ1n) is 10.3. The van der Waals surface area contributed by atoms with Crippen molar-refractivity contribution in [3.8, 4) is 16.9 Å². The largest absolute Gasteiger partial charge is 0.326 e. The summed E-state index contributed by atoms with van der Waals surface area (Å²) in [6.45, 7) is 3.64. The number of amides is 3. The van der Waals surface area contributed by atoms with Crippen molar-refractivity contribution in [3.63, 3.8) is 0 Å². The van der Waals surface area contributed by atoms with E-state index in [1.807, 2.05) is 31.3 Å². The minimum Gasteiger partial charge on any atom is -0.308 e. The molecule has 3 amide bonds. The molecule has 10 heteroatoms. The molecule has 2 N–H and O–H groups in total. The van der Waals surface area contributed by atoms with Crippen LogP contribution >= 0.6 is 23.2 Å². The zero-order valence-electron chi connectivity index (χ0n) is 18.5. The van der Waals surface area contributed by atoms with Crippen LogP contribution < -0.4 is 10.6 Å². The van der Waals surface area contributed by atoms with E-state index < -0.39 is 29.1 Å². The molecule has 0 fully saturated rings. The molecule has 0 saturated heterocycles. The second kappa shape index (κ2) is 9.85. The Hall–Kier alpha value is -3.75. The van der Waals surface area contributed by atoms with Gasteiger partial charge in [0, 0.05) is 16.3 Å². The van der Waals surface area contributed by atoms with Gasteiger partial charge in [0.2, 0.25) is 0 Å². The highest BCUT2D eigenvalue weighted by molar-refractivity contribution is 6.33. The molecular formula is C25H18Cl2F2N4O2. The van der Waals surface area contributed by atoms with Gasteiger partial charge in [0.05, 0.1) is 16.9 Å². The van der Waals surface area contributed by atoms with Gasteiger partial charge < -0.3 is 5.32 Å².